The van der Waals surface area contributed by atoms with E-state index in [0.29, 0.717) is 12.7 Å². The molecule has 4 nitrogen and oxygen atoms in total. The van der Waals surface area contributed by atoms with E-state index in [0.717, 1.165) is 32.5 Å². The molecule has 0 saturated carbocycles. The van der Waals surface area contributed by atoms with E-state index in [1.165, 1.54) is 0 Å². The number of hydrogen-bond acceptors (Lipinski definition) is 4. The maximum atomic E-state index is 6.16. The van der Waals surface area contributed by atoms with E-state index < -0.39 is 0 Å². The van der Waals surface area contributed by atoms with Crippen molar-refractivity contribution in [2.24, 2.45) is 0 Å². The zero-order valence-electron chi connectivity index (χ0n) is 12.7. The molecule has 1 unspecified atom stereocenters. The normalized spacial score (nSPS) is 21.2. The molecule has 0 bridgehead atoms. The van der Waals surface area contributed by atoms with E-state index >= 15 is 0 Å². The van der Waals surface area contributed by atoms with Crippen LogP contribution in [-0.2, 0) is 9.47 Å². The lowest BCUT2D eigenvalue weighted by atomic mass is 10.1. The van der Waals surface area contributed by atoms with Crippen LogP contribution in [0.15, 0.2) is 0 Å². The summed E-state index contributed by atoms with van der Waals surface area (Å²) < 4.78 is 11.4. The Morgan fingerprint density at radius 1 is 1.28 bits per heavy atom. The molecule has 1 aliphatic rings. The molecule has 1 aliphatic heterocycles. The van der Waals surface area contributed by atoms with Gasteiger partial charge in [-0.2, -0.15) is 0 Å². The van der Waals surface area contributed by atoms with Gasteiger partial charge in [0.2, 0.25) is 0 Å². The predicted molar refractivity (Wildman–Crippen MR) is 75.0 cm³/mol. The van der Waals surface area contributed by atoms with E-state index in [-0.39, 0.29) is 11.6 Å². The molecule has 0 aromatic rings. The van der Waals surface area contributed by atoms with E-state index in [1.807, 2.05) is 0 Å². The van der Waals surface area contributed by atoms with Gasteiger partial charge >= 0.3 is 0 Å². The third-order valence-electron chi connectivity index (χ3n) is 3.26. The van der Waals surface area contributed by atoms with Crippen LogP contribution in [0.2, 0.25) is 0 Å². The molecule has 18 heavy (non-hydrogen) atoms. The third kappa shape index (κ3) is 6.69. The lowest BCUT2D eigenvalue weighted by Gasteiger charge is -2.33. The second-order valence-electron chi connectivity index (χ2n) is 6.35. The molecule has 0 spiro atoms. The number of methoxy groups -OCH3 is 1. The molecule has 1 heterocycles. The molecule has 108 valence electrons. The number of rotatable bonds is 6. The molecule has 1 rings (SSSR count). The molecule has 1 atom stereocenters. The Morgan fingerprint density at radius 3 is 2.39 bits per heavy atom. The minimum atomic E-state index is 0.127. The van der Waals surface area contributed by atoms with Crippen molar-refractivity contribution in [1.82, 2.24) is 10.2 Å². The maximum Gasteiger partial charge on any atom is 0.0936 e. The summed E-state index contributed by atoms with van der Waals surface area (Å²) in [4.78, 5) is 2.36. The van der Waals surface area contributed by atoms with Crippen LogP contribution in [0.5, 0.6) is 0 Å². The van der Waals surface area contributed by atoms with Crippen molar-refractivity contribution in [3.63, 3.8) is 0 Å². The summed E-state index contributed by atoms with van der Waals surface area (Å²) in [5.74, 6) is 0. The summed E-state index contributed by atoms with van der Waals surface area (Å²) in [6, 6.07) is 0. The standard InChI is InChI=1S/C14H30N2O2/c1-14(2,3)15-10-13(11-17-5)18-12-6-8-16(4)9-7-12/h12-13,15H,6-11H2,1-5H3. The van der Waals surface area contributed by atoms with Gasteiger partial charge in [-0.3, -0.25) is 0 Å². The first-order valence-corrected chi connectivity index (χ1v) is 6.98. The highest BCUT2D eigenvalue weighted by atomic mass is 16.5. The van der Waals surface area contributed by atoms with Gasteiger partial charge in [0, 0.05) is 32.3 Å². The Morgan fingerprint density at radius 2 is 1.89 bits per heavy atom. The minimum absolute atomic E-state index is 0.127. The molecule has 0 aromatic heterocycles. The minimum Gasteiger partial charge on any atom is -0.382 e. The van der Waals surface area contributed by atoms with Gasteiger partial charge < -0.3 is 19.7 Å². The first-order chi connectivity index (χ1) is 8.40. The van der Waals surface area contributed by atoms with Crippen LogP contribution < -0.4 is 5.32 Å². The summed E-state index contributed by atoms with van der Waals surface area (Å²) in [6.45, 7) is 10.3. The smallest absolute Gasteiger partial charge is 0.0936 e. The van der Waals surface area contributed by atoms with E-state index in [9.17, 15) is 0 Å². The zero-order chi connectivity index (χ0) is 13.6. The lowest BCUT2D eigenvalue weighted by molar-refractivity contribution is -0.0677. The molecule has 0 radical (unpaired) electrons. The Labute approximate surface area is 112 Å². The summed E-state index contributed by atoms with van der Waals surface area (Å²) in [5.41, 5.74) is 0.127. The molecule has 0 aromatic carbocycles. The second-order valence-corrected chi connectivity index (χ2v) is 6.35. The van der Waals surface area contributed by atoms with Crippen molar-refractivity contribution in [2.75, 3.05) is 40.4 Å². The molecular formula is C14H30N2O2. The topological polar surface area (TPSA) is 33.7 Å². The van der Waals surface area contributed by atoms with Crippen LogP contribution in [0.4, 0.5) is 0 Å². The van der Waals surface area contributed by atoms with Crippen LogP contribution in [-0.4, -0.2) is 63.0 Å². The maximum absolute atomic E-state index is 6.16. The first kappa shape index (κ1) is 15.9. The Kier molecular flexibility index (Phi) is 6.57. The molecule has 4 heteroatoms. The van der Waals surface area contributed by atoms with Crippen molar-refractivity contribution < 1.29 is 9.47 Å². The SMILES string of the molecule is COCC(CNC(C)(C)C)OC1CCN(C)CC1. The zero-order valence-corrected chi connectivity index (χ0v) is 12.7. The summed E-state index contributed by atoms with van der Waals surface area (Å²) in [7, 11) is 3.91. The number of nitrogens with zero attached hydrogens (tertiary/aromatic N) is 1. The number of hydrogen-bond donors (Lipinski definition) is 1. The Bertz CT molecular complexity index is 220. The van der Waals surface area contributed by atoms with Crippen molar-refractivity contribution in [3.05, 3.63) is 0 Å². The summed E-state index contributed by atoms with van der Waals surface area (Å²) in [5, 5.41) is 3.49. The monoisotopic (exact) mass is 258 g/mol. The largest absolute Gasteiger partial charge is 0.382 e. The van der Waals surface area contributed by atoms with Crippen LogP contribution in [0.1, 0.15) is 33.6 Å². The van der Waals surface area contributed by atoms with Crippen LogP contribution in [0, 0.1) is 0 Å². The molecular weight excluding hydrogens is 228 g/mol. The van der Waals surface area contributed by atoms with Crippen molar-refractivity contribution >= 4 is 0 Å². The van der Waals surface area contributed by atoms with Crippen molar-refractivity contribution in [1.29, 1.82) is 0 Å². The van der Waals surface area contributed by atoms with Gasteiger partial charge in [-0.15, -0.1) is 0 Å². The van der Waals surface area contributed by atoms with E-state index in [2.05, 4.69) is 38.0 Å². The number of piperidine rings is 1. The fourth-order valence-electron chi connectivity index (χ4n) is 2.15. The molecule has 0 amide bonds. The quantitative estimate of drug-likeness (QED) is 0.783. The van der Waals surface area contributed by atoms with E-state index in [1.54, 1.807) is 7.11 Å². The van der Waals surface area contributed by atoms with Crippen LogP contribution in [0.25, 0.3) is 0 Å². The molecule has 0 aliphatic carbocycles. The van der Waals surface area contributed by atoms with Crippen LogP contribution >= 0.6 is 0 Å². The molecule has 1 N–H and O–H groups in total. The van der Waals surface area contributed by atoms with Crippen LogP contribution in [0.3, 0.4) is 0 Å². The highest BCUT2D eigenvalue weighted by molar-refractivity contribution is 4.76. The second kappa shape index (κ2) is 7.43. The number of likely N-dealkylation sites (tertiary alicyclic amines) is 1. The van der Waals surface area contributed by atoms with Crippen molar-refractivity contribution in [2.45, 2.75) is 51.4 Å². The average molecular weight is 258 g/mol. The number of ether oxygens (including phenoxy) is 2. The highest BCUT2D eigenvalue weighted by Crippen LogP contribution is 2.14. The fraction of sp³-hybridized carbons (Fsp3) is 1.00. The predicted octanol–water partition coefficient (Wildman–Crippen LogP) is 1.50. The van der Waals surface area contributed by atoms with Gasteiger partial charge in [-0.05, 0) is 40.7 Å². The number of nitrogens with one attached hydrogen (secondary N) is 1. The van der Waals surface area contributed by atoms with Gasteiger partial charge in [0.25, 0.3) is 0 Å². The van der Waals surface area contributed by atoms with Gasteiger partial charge in [0.15, 0.2) is 0 Å². The summed E-state index contributed by atoms with van der Waals surface area (Å²) >= 11 is 0. The Hall–Kier alpha value is -0.160. The van der Waals surface area contributed by atoms with Gasteiger partial charge in [-0.25, -0.2) is 0 Å². The third-order valence-corrected chi connectivity index (χ3v) is 3.26. The van der Waals surface area contributed by atoms with Gasteiger partial charge in [0.05, 0.1) is 18.8 Å². The summed E-state index contributed by atoms with van der Waals surface area (Å²) in [6.07, 6.45) is 2.81. The average Bonchev–Trinajstić information content (AvgIpc) is 2.28. The lowest BCUT2D eigenvalue weighted by Crippen LogP contribution is -2.45. The van der Waals surface area contributed by atoms with Gasteiger partial charge in [0.1, 0.15) is 0 Å². The molecule has 1 saturated heterocycles. The molecule has 1 fully saturated rings. The van der Waals surface area contributed by atoms with Crippen molar-refractivity contribution in [3.8, 4) is 0 Å². The fourth-order valence-corrected chi connectivity index (χ4v) is 2.15. The first-order valence-electron chi connectivity index (χ1n) is 6.98. The Balaban J connectivity index is 2.32. The van der Waals surface area contributed by atoms with Gasteiger partial charge in [-0.1, -0.05) is 0 Å². The highest BCUT2D eigenvalue weighted by Gasteiger charge is 2.22. The van der Waals surface area contributed by atoms with E-state index in [4.69, 9.17) is 9.47 Å².